The molecule has 1 aromatic rings. The highest BCUT2D eigenvalue weighted by molar-refractivity contribution is 5.43. The van der Waals surface area contributed by atoms with Crippen molar-refractivity contribution in [1.29, 1.82) is 0 Å². The molecule has 3 nitrogen and oxygen atoms in total. The van der Waals surface area contributed by atoms with E-state index < -0.39 is 0 Å². The van der Waals surface area contributed by atoms with E-state index in [1.54, 1.807) is 0 Å². The van der Waals surface area contributed by atoms with Gasteiger partial charge in [0.2, 0.25) is 0 Å². The maximum atomic E-state index is 4.84. The van der Waals surface area contributed by atoms with Crippen LogP contribution in [-0.2, 0) is 13.0 Å². The zero-order chi connectivity index (χ0) is 15.2. The molecule has 1 aliphatic rings. The van der Waals surface area contributed by atoms with Crippen LogP contribution in [0.3, 0.4) is 0 Å². The molecule has 1 saturated carbocycles. The molecule has 0 aliphatic heterocycles. The molecule has 0 unspecified atom stereocenters. The molecule has 0 amide bonds. The summed E-state index contributed by atoms with van der Waals surface area (Å²) >= 11 is 0. The minimum absolute atomic E-state index is 0.682. The second kappa shape index (κ2) is 7.79. The van der Waals surface area contributed by atoms with E-state index in [-0.39, 0.29) is 0 Å². The van der Waals surface area contributed by atoms with Crippen molar-refractivity contribution in [1.82, 2.24) is 10.3 Å². The predicted molar refractivity (Wildman–Crippen MR) is 90.8 cm³/mol. The number of hydrogen-bond donors (Lipinski definition) is 1. The minimum atomic E-state index is 0.682. The summed E-state index contributed by atoms with van der Waals surface area (Å²) in [6.07, 6.45) is 6.37. The van der Waals surface area contributed by atoms with Crippen molar-refractivity contribution in [3.8, 4) is 0 Å². The van der Waals surface area contributed by atoms with E-state index in [4.69, 9.17) is 4.98 Å². The molecular formula is C18H31N3. The molecule has 118 valence electrons. The third-order valence-electron chi connectivity index (χ3n) is 4.40. The summed E-state index contributed by atoms with van der Waals surface area (Å²) in [5, 5.41) is 3.54. The van der Waals surface area contributed by atoms with Crippen LogP contribution >= 0.6 is 0 Å². The molecule has 1 fully saturated rings. The van der Waals surface area contributed by atoms with Gasteiger partial charge in [0.05, 0.1) is 0 Å². The van der Waals surface area contributed by atoms with E-state index in [1.807, 2.05) is 0 Å². The fourth-order valence-electron chi connectivity index (χ4n) is 3.08. The van der Waals surface area contributed by atoms with Crippen LogP contribution in [0.2, 0.25) is 0 Å². The molecule has 1 heterocycles. The Hall–Kier alpha value is -1.09. The molecule has 1 aromatic heterocycles. The molecule has 0 saturated heterocycles. The van der Waals surface area contributed by atoms with Gasteiger partial charge in [0, 0.05) is 25.3 Å². The van der Waals surface area contributed by atoms with Crippen molar-refractivity contribution in [2.45, 2.75) is 65.5 Å². The lowest BCUT2D eigenvalue weighted by Gasteiger charge is -2.26. The molecule has 0 atom stereocenters. The van der Waals surface area contributed by atoms with Gasteiger partial charge < -0.3 is 10.2 Å². The monoisotopic (exact) mass is 289 g/mol. The van der Waals surface area contributed by atoms with E-state index in [0.29, 0.717) is 12.0 Å². The first-order valence-electron chi connectivity index (χ1n) is 8.53. The maximum Gasteiger partial charge on any atom is 0.129 e. The Morgan fingerprint density at radius 2 is 2.00 bits per heavy atom. The summed E-state index contributed by atoms with van der Waals surface area (Å²) in [6, 6.07) is 5.20. The van der Waals surface area contributed by atoms with Gasteiger partial charge in [0.1, 0.15) is 5.82 Å². The van der Waals surface area contributed by atoms with Gasteiger partial charge in [-0.3, -0.25) is 0 Å². The number of hydrogen-bond acceptors (Lipinski definition) is 3. The quantitative estimate of drug-likeness (QED) is 0.828. The van der Waals surface area contributed by atoms with Crippen LogP contribution in [0, 0.1) is 5.92 Å². The lowest BCUT2D eigenvalue weighted by Crippen LogP contribution is -2.30. The first-order valence-corrected chi connectivity index (χ1v) is 8.53. The van der Waals surface area contributed by atoms with E-state index >= 15 is 0 Å². The molecular weight excluding hydrogens is 258 g/mol. The molecule has 0 aromatic carbocycles. The Morgan fingerprint density at radius 1 is 1.29 bits per heavy atom. The fourth-order valence-corrected chi connectivity index (χ4v) is 3.08. The fraction of sp³-hybridized carbons (Fsp3) is 0.722. The van der Waals surface area contributed by atoms with E-state index in [9.17, 15) is 0 Å². The molecule has 0 bridgehead atoms. The third kappa shape index (κ3) is 4.70. The normalized spacial score (nSPS) is 15.9. The van der Waals surface area contributed by atoms with Crippen molar-refractivity contribution in [3.63, 3.8) is 0 Å². The van der Waals surface area contributed by atoms with Crippen molar-refractivity contribution in [2.24, 2.45) is 5.92 Å². The zero-order valence-corrected chi connectivity index (χ0v) is 14.2. The largest absolute Gasteiger partial charge is 0.357 e. The Bertz CT molecular complexity index is 436. The first-order chi connectivity index (χ1) is 10.1. The van der Waals surface area contributed by atoms with Crippen LogP contribution in [-0.4, -0.2) is 24.6 Å². The highest BCUT2D eigenvalue weighted by Crippen LogP contribution is 2.26. The van der Waals surface area contributed by atoms with Crippen molar-refractivity contribution in [3.05, 3.63) is 23.4 Å². The van der Waals surface area contributed by atoms with Crippen LogP contribution in [0.1, 0.15) is 57.7 Å². The highest BCUT2D eigenvalue weighted by Gasteiger charge is 2.21. The van der Waals surface area contributed by atoms with Crippen LogP contribution in [0.25, 0.3) is 0 Å². The second-order valence-corrected chi connectivity index (χ2v) is 6.75. The molecule has 3 heteroatoms. The predicted octanol–water partition coefficient (Wildman–Crippen LogP) is 3.77. The summed E-state index contributed by atoms with van der Waals surface area (Å²) in [7, 11) is 2.21. The number of aromatic nitrogens is 1. The van der Waals surface area contributed by atoms with Gasteiger partial charge in [-0.2, -0.15) is 0 Å². The maximum absolute atomic E-state index is 4.84. The highest BCUT2D eigenvalue weighted by atomic mass is 15.2. The zero-order valence-electron chi connectivity index (χ0n) is 14.2. The standard InChI is InChI=1S/C18H31N3/c1-5-16-10-15(13-19-12-14(2)3)11-18(20-16)21(4)17-8-6-7-9-17/h10-11,14,17,19H,5-9,12-13H2,1-4H3. The van der Waals surface area contributed by atoms with E-state index in [0.717, 1.165) is 25.3 Å². The molecule has 0 spiro atoms. The van der Waals surface area contributed by atoms with Gasteiger partial charge in [-0.15, -0.1) is 0 Å². The van der Waals surface area contributed by atoms with Gasteiger partial charge in [-0.05, 0) is 49.4 Å². The SMILES string of the molecule is CCc1cc(CNCC(C)C)cc(N(C)C2CCCC2)n1. The first kappa shape index (κ1) is 16.3. The molecule has 2 rings (SSSR count). The molecule has 21 heavy (non-hydrogen) atoms. The molecule has 0 radical (unpaired) electrons. The smallest absolute Gasteiger partial charge is 0.129 e. The Labute approximate surface area is 130 Å². The van der Waals surface area contributed by atoms with Crippen LogP contribution < -0.4 is 10.2 Å². The average Bonchev–Trinajstić information content (AvgIpc) is 3.00. The lowest BCUT2D eigenvalue weighted by atomic mass is 10.1. The molecule has 1 aliphatic carbocycles. The van der Waals surface area contributed by atoms with Gasteiger partial charge in [0.25, 0.3) is 0 Å². The van der Waals surface area contributed by atoms with Crippen molar-refractivity contribution < 1.29 is 0 Å². The Kier molecular flexibility index (Phi) is 6.04. The van der Waals surface area contributed by atoms with Crippen LogP contribution in [0.5, 0.6) is 0 Å². The third-order valence-corrected chi connectivity index (χ3v) is 4.40. The Morgan fingerprint density at radius 3 is 2.62 bits per heavy atom. The van der Waals surface area contributed by atoms with E-state index in [1.165, 1.54) is 36.9 Å². The number of anilines is 1. The van der Waals surface area contributed by atoms with Crippen LogP contribution in [0.4, 0.5) is 5.82 Å². The van der Waals surface area contributed by atoms with Crippen molar-refractivity contribution >= 4 is 5.82 Å². The number of pyridine rings is 1. The van der Waals surface area contributed by atoms with Gasteiger partial charge in [-0.25, -0.2) is 4.98 Å². The summed E-state index contributed by atoms with van der Waals surface area (Å²) in [5.41, 5.74) is 2.57. The van der Waals surface area contributed by atoms with Gasteiger partial charge in [0.15, 0.2) is 0 Å². The second-order valence-electron chi connectivity index (χ2n) is 6.75. The lowest BCUT2D eigenvalue weighted by molar-refractivity contribution is 0.551. The van der Waals surface area contributed by atoms with Gasteiger partial charge in [-0.1, -0.05) is 33.6 Å². The minimum Gasteiger partial charge on any atom is -0.357 e. The average molecular weight is 289 g/mol. The number of nitrogens with zero attached hydrogens (tertiary/aromatic N) is 2. The summed E-state index contributed by atoms with van der Waals surface area (Å²) in [6.45, 7) is 8.69. The number of rotatable bonds is 7. The molecule has 1 N–H and O–H groups in total. The number of aryl methyl sites for hydroxylation is 1. The summed E-state index contributed by atoms with van der Waals surface area (Å²) < 4.78 is 0. The van der Waals surface area contributed by atoms with Crippen molar-refractivity contribution in [2.75, 3.05) is 18.5 Å². The van der Waals surface area contributed by atoms with E-state index in [2.05, 4.69) is 50.2 Å². The topological polar surface area (TPSA) is 28.2 Å². The summed E-state index contributed by atoms with van der Waals surface area (Å²) in [4.78, 5) is 7.24. The van der Waals surface area contributed by atoms with Crippen LogP contribution in [0.15, 0.2) is 12.1 Å². The Balaban J connectivity index is 2.08. The number of nitrogens with one attached hydrogen (secondary N) is 1. The van der Waals surface area contributed by atoms with Gasteiger partial charge >= 0.3 is 0 Å². The summed E-state index contributed by atoms with van der Waals surface area (Å²) in [5.74, 6) is 1.85.